The maximum absolute atomic E-state index is 11.4. The fourth-order valence-electron chi connectivity index (χ4n) is 1.88. The molecule has 0 aromatic heterocycles. The predicted octanol–water partition coefficient (Wildman–Crippen LogP) is 2.97. The van der Waals surface area contributed by atoms with Gasteiger partial charge in [-0.15, -0.1) is 0 Å². The third kappa shape index (κ3) is 3.58. The first kappa shape index (κ1) is 13.1. The standard InChI is InChI=1S/C16H18N2O/c1-12-4-3-5-15(10-12)18-11-13-6-8-14(9-7-13)16(19)17-2/h3-10,18H,11H2,1-2H3,(H,17,19). The van der Waals surface area contributed by atoms with Crippen molar-refractivity contribution in [1.29, 1.82) is 0 Å². The van der Waals surface area contributed by atoms with Crippen LogP contribution in [-0.2, 0) is 6.54 Å². The first-order valence-electron chi connectivity index (χ1n) is 6.30. The van der Waals surface area contributed by atoms with E-state index in [1.807, 2.05) is 36.4 Å². The zero-order valence-electron chi connectivity index (χ0n) is 11.2. The highest BCUT2D eigenvalue weighted by Gasteiger charge is 2.02. The molecule has 0 aliphatic heterocycles. The van der Waals surface area contributed by atoms with Crippen molar-refractivity contribution in [3.63, 3.8) is 0 Å². The highest BCUT2D eigenvalue weighted by atomic mass is 16.1. The first-order valence-corrected chi connectivity index (χ1v) is 6.30. The number of anilines is 1. The number of nitrogens with one attached hydrogen (secondary N) is 2. The number of rotatable bonds is 4. The second-order valence-corrected chi connectivity index (χ2v) is 4.50. The molecule has 0 aliphatic carbocycles. The molecule has 3 heteroatoms. The molecule has 2 rings (SSSR count). The summed E-state index contributed by atoms with van der Waals surface area (Å²) in [5, 5.41) is 5.97. The normalized spacial score (nSPS) is 10.0. The number of benzene rings is 2. The highest BCUT2D eigenvalue weighted by molar-refractivity contribution is 5.93. The molecule has 0 heterocycles. The highest BCUT2D eigenvalue weighted by Crippen LogP contribution is 2.12. The molecule has 2 aromatic rings. The minimum atomic E-state index is -0.0572. The van der Waals surface area contributed by atoms with Crippen LogP contribution in [0.1, 0.15) is 21.5 Å². The molecule has 0 bridgehead atoms. The Morgan fingerprint density at radius 1 is 1.11 bits per heavy atom. The van der Waals surface area contributed by atoms with Crippen LogP contribution < -0.4 is 10.6 Å². The summed E-state index contributed by atoms with van der Waals surface area (Å²) in [5.41, 5.74) is 4.17. The van der Waals surface area contributed by atoms with Gasteiger partial charge in [-0.1, -0.05) is 24.3 Å². The smallest absolute Gasteiger partial charge is 0.251 e. The fourth-order valence-corrected chi connectivity index (χ4v) is 1.88. The van der Waals surface area contributed by atoms with Crippen LogP contribution in [0.4, 0.5) is 5.69 Å². The Labute approximate surface area is 113 Å². The summed E-state index contributed by atoms with van der Waals surface area (Å²) >= 11 is 0. The maximum Gasteiger partial charge on any atom is 0.251 e. The number of carbonyl (C=O) groups excluding carboxylic acids is 1. The van der Waals surface area contributed by atoms with Crippen molar-refractivity contribution < 1.29 is 4.79 Å². The van der Waals surface area contributed by atoms with Crippen molar-refractivity contribution in [2.45, 2.75) is 13.5 Å². The zero-order valence-corrected chi connectivity index (χ0v) is 11.2. The van der Waals surface area contributed by atoms with Gasteiger partial charge in [0.15, 0.2) is 0 Å². The van der Waals surface area contributed by atoms with Crippen LogP contribution >= 0.6 is 0 Å². The van der Waals surface area contributed by atoms with Gasteiger partial charge in [0.05, 0.1) is 0 Å². The van der Waals surface area contributed by atoms with Crippen LogP contribution in [0.25, 0.3) is 0 Å². The molecule has 0 aliphatic rings. The molecule has 98 valence electrons. The largest absolute Gasteiger partial charge is 0.381 e. The predicted molar refractivity (Wildman–Crippen MR) is 78.3 cm³/mol. The number of carbonyl (C=O) groups is 1. The fraction of sp³-hybridized carbons (Fsp3) is 0.188. The van der Waals surface area contributed by atoms with E-state index in [0.717, 1.165) is 17.8 Å². The van der Waals surface area contributed by atoms with Gasteiger partial charge in [0.1, 0.15) is 0 Å². The minimum Gasteiger partial charge on any atom is -0.381 e. The lowest BCUT2D eigenvalue weighted by Gasteiger charge is -2.08. The molecule has 0 saturated carbocycles. The summed E-state index contributed by atoms with van der Waals surface area (Å²) in [4.78, 5) is 11.4. The molecule has 0 radical (unpaired) electrons. The molecule has 0 unspecified atom stereocenters. The van der Waals surface area contributed by atoms with Gasteiger partial charge in [0, 0.05) is 24.8 Å². The average molecular weight is 254 g/mol. The van der Waals surface area contributed by atoms with Crippen LogP contribution in [0.2, 0.25) is 0 Å². The molecule has 2 aromatic carbocycles. The van der Waals surface area contributed by atoms with Gasteiger partial charge in [0.25, 0.3) is 5.91 Å². The number of hydrogen-bond acceptors (Lipinski definition) is 2. The van der Waals surface area contributed by atoms with E-state index in [0.29, 0.717) is 5.56 Å². The monoisotopic (exact) mass is 254 g/mol. The van der Waals surface area contributed by atoms with Crippen molar-refractivity contribution in [3.8, 4) is 0 Å². The quantitative estimate of drug-likeness (QED) is 0.880. The Hall–Kier alpha value is -2.29. The van der Waals surface area contributed by atoms with Gasteiger partial charge in [-0.2, -0.15) is 0 Å². The van der Waals surface area contributed by atoms with Gasteiger partial charge in [-0.05, 0) is 42.3 Å². The lowest BCUT2D eigenvalue weighted by molar-refractivity contribution is 0.0963. The molecule has 19 heavy (non-hydrogen) atoms. The van der Waals surface area contributed by atoms with Crippen molar-refractivity contribution in [3.05, 3.63) is 65.2 Å². The van der Waals surface area contributed by atoms with Crippen molar-refractivity contribution in [1.82, 2.24) is 5.32 Å². The second kappa shape index (κ2) is 6.05. The van der Waals surface area contributed by atoms with Crippen LogP contribution in [0.15, 0.2) is 48.5 Å². The van der Waals surface area contributed by atoms with E-state index in [1.165, 1.54) is 5.56 Å². The van der Waals surface area contributed by atoms with Crippen molar-refractivity contribution >= 4 is 11.6 Å². The summed E-state index contributed by atoms with van der Waals surface area (Å²) in [6, 6.07) is 15.9. The average Bonchev–Trinajstić information content (AvgIpc) is 2.45. The van der Waals surface area contributed by atoms with E-state index in [2.05, 4.69) is 29.7 Å². The summed E-state index contributed by atoms with van der Waals surface area (Å²) in [6.45, 7) is 2.82. The van der Waals surface area contributed by atoms with E-state index in [4.69, 9.17) is 0 Å². The zero-order chi connectivity index (χ0) is 13.7. The van der Waals surface area contributed by atoms with Crippen LogP contribution in [0, 0.1) is 6.92 Å². The Bertz CT molecular complexity index is 561. The van der Waals surface area contributed by atoms with Gasteiger partial charge in [0.2, 0.25) is 0 Å². The lowest BCUT2D eigenvalue weighted by atomic mass is 10.1. The van der Waals surface area contributed by atoms with Gasteiger partial charge >= 0.3 is 0 Å². The van der Waals surface area contributed by atoms with E-state index < -0.39 is 0 Å². The van der Waals surface area contributed by atoms with Crippen LogP contribution in [-0.4, -0.2) is 13.0 Å². The van der Waals surface area contributed by atoms with Crippen molar-refractivity contribution in [2.75, 3.05) is 12.4 Å². The van der Waals surface area contributed by atoms with E-state index in [9.17, 15) is 4.79 Å². The SMILES string of the molecule is CNC(=O)c1ccc(CNc2cccc(C)c2)cc1. The Morgan fingerprint density at radius 3 is 2.47 bits per heavy atom. The second-order valence-electron chi connectivity index (χ2n) is 4.50. The summed E-state index contributed by atoms with van der Waals surface area (Å²) in [6.07, 6.45) is 0. The lowest BCUT2D eigenvalue weighted by Crippen LogP contribution is -2.17. The molecule has 1 amide bonds. The summed E-state index contributed by atoms with van der Waals surface area (Å²) in [7, 11) is 1.63. The van der Waals surface area contributed by atoms with E-state index in [-0.39, 0.29) is 5.91 Å². The van der Waals surface area contributed by atoms with E-state index >= 15 is 0 Å². The molecular formula is C16H18N2O. The minimum absolute atomic E-state index is 0.0572. The van der Waals surface area contributed by atoms with Gasteiger partial charge in [-0.25, -0.2) is 0 Å². The molecular weight excluding hydrogens is 236 g/mol. The van der Waals surface area contributed by atoms with Crippen LogP contribution in [0.5, 0.6) is 0 Å². The van der Waals surface area contributed by atoms with E-state index in [1.54, 1.807) is 7.05 Å². The Kier molecular flexibility index (Phi) is 4.18. The van der Waals surface area contributed by atoms with Crippen LogP contribution in [0.3, 0.4) is 0 Å². The molecule has 0 spiro atoms. The number of aryl methyl sites for hydroxylation is 1. The van der Waals surface area contributed by atoms with Gasteiger partial charge < -0.3 is 10.6 Å². The number of amides is 1. The molecule has 0 fully saturated rings. The molecule has 2 N–H and O–H groups in total. The Morgan fingerprint density at radius 2 is 1.84 bits per heavy atom. The Balaban J connectivity index is 1.98. The van der Waals surface area contributed by atoms with Gasteiger partial charge in [-0.3, -0.25) is 4.79 Å². The molecule has 0 saturated heterocycles. The van der Waals surface area contributed by atoms with Crippen molar-refractivity contribution in [2.24, 2.45) is 0 Å². The number of hydrogen-bond donors (Lipinski definition) is 2. The summed E-state index contributed by atoms with van der Waals surface area (Å²) in [5.74, 6) is -0.0572. The topological polar surface area (TPSA) is 41.1 Å². The third-order valence-corrected chi connectivity index (χ3v) is 2.96. The molecule has 0 atom stereocenters. The first-order chi connectivity index (χ1) is 9.19. The third-order valence-electron chi connectivity index (χ3n) is 2.96. The maximum atomic E-state index is 11.4. The molecule has 3 nitrogen and oxygen atoms in total. The summed E-state index contributed by atoms with van der Waals surface area (Å²) < 4.78 is 0.